The summed E-state index contributed by atoms with van der Waals surface area (Å²) in [6.07, 6.45) is 10.5. The van der Waals surface area contributed by atoms with Crippen LogP contribution in [0.4, 0.5) is 0 Å². The Morgan fingerprint density at radius 1 is 1.25 bits per heavy atom. The highest BCUT2D eigenvalue weighted by molar-refractivity contribution is 5.26. The Bertz CT molecular complexity index is 365. The van der Waals surface area contributed by atoms with Gasteiger partial charge in [-0.2, -0.15) is 0 Å². The van der Waals surface area contributed by atoms with Gasteiger partial charge in [-0.3, -0.25) is 4.98 Å². The zero-order valence-electron chi connectivity index (χ0n) is 9.95. The summed E-state index contributed by atoms with van der Waals surface area (Å²) < 4.78 is 0. The normalized spacial score (nSPS) is 18.8. The summed E-state index contributed by atoms with van der Waals surface area (Å²) >= 11 is 0. The van der Waals surface area contributed by atoms with Crippen LogP contribution in [0, 0.1) is 6.92 Å². The van der Waals surface area contributed by atoms with Gasteiger partial charge in [0.05, 0.1) is 6.04 Å². The third kappa shape index (κ3) is 2.70. The quantitative estimate of drug-likeness (QED) is 0.770. The number of nitrogens with two attached hydrogens (primary N) is 1. The highest BCUT2D eigenvalue weighted by Crippen LogP contribution is 2.26. The molecule has 2 rings (SSSR count). The average molecular weight is 216 g/mol. The molecule has 0 amide bonds. The molecule has 2 N–H and O–H groups in total. The van der Waals surface area contributed by atoms with Crippen molar-refractivity contribution in [3.05, 3.63) is 41.2 Å². The second-order valence-corrected chi connectivity index (χ2v) is 4.59. The maximum Gasteiger partial charge on any atom is 0.0526 e. The predicted octanol–water partition coefficient (Wildman–Crippen LogP) is 3.28. The van der Waals surface area contributed by atoms with Crippen LogP contribution in [-0.4, -0.2) is 4.98 Å². The van der Waals surface area contributed by atoms with E-state index in [1.165, 1.54) is 31.3 Å². The molecule has 2 nitrogen and oxygen atoms in total. The van der Waals surface area contributed by atoms with Crippen LogP contribution in [0.25, 0.3) is 0 Å². The number of nitrogens with zero attached hydrogens (tertiary/aromatic N) is 1. The Hall–Kier alpha value is -1.15. The molecule has 16 heavy (non-hydrogen) atoms. The van der Waals surface area contributed by atoms with E-state index in [2.05, 4.69) is 17.1 Å². The first-order chi connectivity index (χ1) is 7.77. The van der Waals surface area contributed by atoms with Crippen molar-refractivity contribution in [1.29, 1.82) is 0 Å². The topological polar surface area (TPSA) is 38.9 Å². The first-order valence-corrected chi connectivity index (χ1v) is 6.14. The number of aryl methyl sites for hydroxylation is 1. The summed E-state index contributed by atoms with van der Waals surface area (Å²) in [5.41, 5.74) is 9.86. The smallest absolute Gasteiger partial charge is 0.0526 e. The minimum Gasteiger partial charge on any atom is -0.320 e. The SMILES string of the molecule is Cc1ccc(C(N)C2=CCCCCC2)cn1. The standard InChI is InChI=1S/C14H20N2/c1-11-8-9-13(10-16-11)14(15)12-6-4-2-3-5-7-12/h6,8-10,14H,2-5,7,15H2,1H3. The van der Waals surface area contributed by atoms with Gasteiger partial charge in [-0.05, 0) is 44.2 Å². The Morgan fingerprint density at radius 3 is 2.88 bits per heavy atom. The summed E-state index contributed by atoms with van der Waals surface area (Å²) in [5.74, 6) is 0. The minimum atomic E-state index is 0.0474. The Morgan fingerprint density at radius 2 is 2.12 bits per heavy atom. The van der Waals surface area contributed by atoms with E-state index in [0.717, 1.165) is 17.7 Å². The number of hydrogen-bond donors (Lipinski definition) is 1. The van der Waals surface area contributed by atoms with Crippen LogP contribution in [0.5, 0.6) is 0 Å². The van der Waals surface area contributed by atoms with Crippen LogP contribution < -0.4 is 5.73 Å². The summed E-state index contributed by atoms with van der Waals surface area (Å²) in [7, 11) is 0. The van der Waals surface area contributed by atoms with Gasteiger partial charge in [0.1, 0.15) is 0 Å². The van der Waals surface area contributed by atoms with Gasteiger partial charge in [0.15, 0.2) is 0 Å². The molecule has 0 spiro atoms. The second-order valence-electron chi connectivity index (χ2n) is 4.59. The van der Waals surface area contributed by atoms with Gasteiger partial charge < -0.3 is 5.73 Å². The van der Waals surface area contributed by atoms with E-state index in [9.17, 15) is 0 Å². The van der Waals surface area contributed by atoms with E-state index in [0.29, 0.717) is 0 Å². The van der Waals surface area contributed by atoms with Gasteiger partial charge in [-0.25, -0.2) is 0 Å². The maximum atomic E-state index is 6.28. The number of pyridine rings is 1. The number of hydrogen-bond acceptors (Lipinski definition) is 2. The van der Waals surface area contributed by atoms with Gasteiger partial charge in [-0.15, -0.1) is 0 Å². The predicted molar refractivity (Wildman–Crippen MR) is 67.1 cm³/mol. The lowest BCUT2D eigenvalue weighted by molar-refractivity contribution is 0.687. The van der Waals surface area contributed by atoms with Crippen LogP contribution in [-0.2, 0) is 0 Å². The monoisotopic (exact) mass is 216 g/mol. The largest absolute Gasteiger partial charge is 0.320 e. The van der Waals surface area contributed by atoms with Crippen LogP contribution in [0.15, 0.2) is 30.0 Å². The molecule has 1 heterocycles. The molecule has 0 fully saturated rings. The third-order valence-electron chi connectivity index (χ3n) is 3.27. The first kappa shape index (κ1) is 11.3. The second kappa shape index (κ2) is 5.26. The molecule has 1 unspecified atom stereocenters. The van der Waals surface area contributed by atoms with Gasteiger partial charge >= 0.3 is 0 Å². The molecule has 0 bridgehead atoms. The molecule has 1 aromatic rings. The average Bonchev–Trinajstić information content (AvgIpc) is 2.57. The molecular weight excluding hydrogens is 196 g/mol. The molecule has 2 heteroatoms. The van der Waals surface area contributed by atoms with Crippen molar-refractivity contribution < 1.29 is 0 Å². The lowest BCUT2D eigenvalue weighted by atomic mass is 9.97. The molecular formula is C14H20N2. The maximum absolute atomic E-state index is 6.28. The van der Waals surface area contributed by atoms with Gasteiger partial charge in [-0.1, -0.05) is 24.1 Å². The van der Waals surface area contributed by atoms with Gasteiger partial charge in [0, 0.05) is 11.9 Å². The molecule has 1 aliphatic carbocycles. The zero-order valence-corrected chi connectivity index (χ0v) is 9.95. The fourth-order valence-corrected chi connectivity index (χ4v) is 2.20. The van der Waals surface area contributed by atoms with Crippen molar-refractivity contribution >= 4 is 0 Å². The van der Waals surface area contributed by atoms with Crippen LogP contribution >= 0.6 is 0 Å². The molecule has 0 aliphatic heterocycles. The zero-order chi connectivity index (χ0) is 11.4. The Kier molecular flexibility index (Phi) is 3.73. The summed E-state index contributed by atoms with van der Waals surface area (Å²) in [5, 5.41) is 0. The third-order valence-corrected chi connectivity index (χ3v) is 3.27. The number of allylic oxidation sites excluding steroid dienone is 1. The minimum absolute atomic E-state index is 0.0474. The van der Waals surface area contributed by atoms with Crippen molar-refractivity contribution in [3.8, 4) is 0 Å². The van der Waals surface area contributed by atoms with E-state index in [4.69, 9.17) is 5.73 Å². The molecule has 0 saturated heterocycles. The Balaban J connectivity index is 2.14. The number of rotatable bonds is 2. The van der Waals surface area contributed by atoms with Crippen molar-refractivity contribution in [2.45, 2.75) is 45.1 Å². The van der Waals surface area contributed by atoms with Crippen molar-refractivity contribution in [2.24, 2.45) is 5.73 Å². The summed E-state index contributed by atoms with van der Waals surface area (Å²) in [6.45, 7) is 2.00. The lowest BCUT2D eigenvalue weighted by Crippen LogP contribution is -2.13. The molecule has 1 atom stereocenters. The van der Waals surface area contributed by atoms with Crippen molar-refractivity contribution in [3.63, 3.8) is 0 Å². The number of aromatic nitrogens is 1. The fourth-order valence-electron chi connectivity index (χ4n) is 2.20. The van der Waals surface area contributed by atoms with E-state index >= 15 is 0 Å². The Labute approximate surface area is 97.6 Å². The van der Waals surface area contributed by atoms with Crippen LogP contribution in [0.3, 0.4) is 0 Å². The molecule has 0 aromatic carbocycles. The van der Waals surface area contributed by atoms with Gasteiger partial charge in [0.25, 0.3) is 0 Å². The molecule has 0 radical (unpaired) electrons. The van der Waals surface area contributed by atoms with E-state index < -0.39 is 0 Å². The van der Waals surface area contributed by atoms with E-state index in [1.807, 2.05) is 19.2 Å². The summed E-state index contributed by atoms with van der Waals surface area (Å²) in [6, 6.07) is 4.18. The molecule has 1 aliphatic rings. The van der Waals surface area contributed by atoms with Crippen molar-refractivity contribution in [1.82, 2.24) is 4.98 Å². The first-order valence-electron chi connectivity index (χ1n) is 6.14. The van der Waals surface area contributed by atoms with E-state index in [-0.39, 0.29) is 6.04 Å². The molecule has 1 aromatic heterocycles. The lowest BCUT2D eigenvalue weighted by Gasteiger charge is -2.15. The van der Waals surface area contributed by atoms with Crippen LogP contribution in [0.2, 0.25) is 0 Å². The van der Waals surface area contributed by atoms with Crippen molar-refractivity contribution in [2.75, 3.05) is 0 Å². The van der Waals surface area contributed by atoms with Gasteiger partial charge in [0.2, 0.25) is 0 Å². The highest BCUT2D eigenvalue weighted by atomic mass is 14.7. The van der Waals surface area contributed by atoms with Crippen LogP contribution in [0.1, 0.15) is 49.4 Å². The van der Waals surface area contributed by atoms with E-state index in [1.54, 1.807) is 0 Å². The molecule has 86 valence electrons. The molecule has 0 saturated carbocycles. The highest BCUT2D eigenvalue weighted by Gasteiger charge is 2.13. The fraction of sp³-hybridized carbons (Fsp3) is 0.500. The summed E-state index contributed by atoms with van der Waals surface area (Å²) in [4.78, 5) is 4.31.